The third-order valence-electron chi connectivity index (χ3n) is 4.38. The highest BCUT2D eigenvalue weighted by Gasteiger charge is 2.11. The van der Waals surface area contributed by atoms with Gasteiger partial charge in [0.2, 0.25) is 10.0 Å². The van der Waals surface area contributed by atoms with Crippen LogP contribution in [-0.2, 0) is 16.6 Å². The van der Waals surface area contributed by atoms with E-state index in [1.807, 2.05) is 6.26 Å². The van der Waals surface area contributed by atoms with Gasteiger partial charge in [-0.1, -0.05) is 23.9 Å². The third-order valence-corrected chi connectivity index (χ3v) is 5.85. The van der Waals surface area contributed by atoms with Gasteiger partial charge in [0.05, 0.1) is 22.8 Å². The number of fused-ring (bicyclic) bond motifs is 1. The van der Waals surface area contributed by atoms with Crippen LogP contribution in [0.4, 0.5) is 0 Å². The molecule has 0 spiro atoms. The van der Waals surface area contributed by atoms with Gasteiger partial charge in [-0.3, -0.25) is 9.36 Å². The van der Waals surface area contributed by atoms with Gasteiger partial charge in [0.15, 0.2) is 5.16 Å². The molecule has 1 aromatic carbocycles. The fourth-order valence-corrected chi connectivity index (χ4v) is 3.79. The molecule has 3 heterocycles. The molecule has 0 fully saturated rings. The van der Waals surface area contributed by atoms with E-state index in [1.54, 1.807) is 36.5 Å². The summed E-state index contributed by atoms with van der Waals surface area (Å²) in [5, 5.41) is 14.9. The number of nitrogens with two attached hydrogens (primary N) is 1. The van der Waals surface area contributed by atoms with Crippen LogP contribution in [0.1, 0.15) is 5.69 Å². The van der Waals surface area contributed by atoms with Crippen LogP contribution in [0, 0.1) is 0 Å². The van der Waals surface area contributed by atoms with Crippen molar-refractivity contribution in [2.75, 3.05) is 6.26 Å². The molecule has 30 heavy (non-hydrogen) atoms. The van der Waals surface area contributed by atoms with E-state index < -0.39 is 10.0 Å². The molecule has 0 aliphatic heterocycles. The lowest BCUT2D eigenvalue weighted by atomic mass is 10.1. The largest absolute Gasteiger partial charge is 0.286 e. The average Bonchev–Trinajstić information content (AvgIpc) is 2.75. The van der Waals surface area contributed by atoms with Gasteiger partial charge in [0, 0.05) is 23.2 Å². The molecule has 11 heteroatoms. The summed E-state index contributed by atoms with van der Waals surface area (Å²) in [7, 11) is -3.81. The minimum atomic E-state index is -3.81. The molecule has 3 aromatic heterocycles. The van der Waals surface area contributed by atoms with Crippen molar-refractivity contribution in [3.8, 4) is 11.3 Å². The fourth-order valence-electron chi connectivity index (χ4n) is 2.90. The monoisotopic (exact) mass is 440 g/mol. The summed E-state index contributed by atoms with van der Waals surface area (Å²) in [5.74, 6) is 0. The van der Waals surface area contributed by atoms with Gasteiger partial charge in [0.25, 0.3) is 5.56 Å². The second kappa shape index (κ2) is 7.94. The third kappa shape index (κ3) is 4.08. The Labute approximate surface area is 176 Å². The van der Waals surface area contributed by atoms with E-state index in [0.29, 0.717) is 27.8 Å². The minimum Gasteiger partial charge on any atom is -0.286 e. The van der Waals surface area contributed by atoms with Crippen LogP contribution < -0.4 is 10.7 Å². The molecule has 0 amide bonds. The van der Waals surface area contributed by atoms with Crippen LogP contribution in [-0.4, -0.2) is 39.4 Å². The summed E-state index contributed by atoms with van der Waals surface area (Å²) in [6.45, 7) is 0.186. The van der Waals surface area contributed by atoms with Crippen LogP contribution in [0.2, 0.25) is 0 Å². The zero-order valence-electron chi connectivity index (χ0n) is 15.8. The van der Waals surface area contributed by atoms with Gasteiger partial charge in [0.1, 0.15) is 5.65 Å². The lowest BCUT2D eigenvalue weighted by molar-refractivity contribution is 0.598. The Kier molecular flexibility index (Phi) is 5.33. The van der Waals surface area contributed by atoms with Gasteiger partial charge in [-0.05, 0) is 36.6 Å². The highest BCUT2D eigenvalue weighted by molar-refractivity contribution is 7.98. The molecular formula is C19H16N6O3S2. The van der Waals surface area contributed by atoms with Crippen molar-refractivity contribution in [2.24, 2.45) is 5.14 Å². The molecule has 0 saturated heterocycles. The second-order valence-electron chi connectivity index (χ2n) is 6.38. The van der Waals surface area contributed by atoms with Crippen LogP contribution in [0.25, 0.3) is 22.3 Å². The molecule has 0 unspecified atom stereocenters. The number of sulfonamides is 1. The molecule has 9 nitrogen and oxygen atoms in total. The Morgan fingerprint density at radius 3 is 2.63 bits per heavy atom. The Balaban J connectivity index is 1.68. The summed E-state index contributed by atoms with van der Waals surface area (Å²) in [4.78, 5) is 21.1. The van der Waals surface area contributed by atoms with Gasteiger partial charge in [-0.25, -0.2) is 23.5 Å². The normalized spacial score (nSPS) is 11.7. The number of pyridine rings is 1. The first kappa shape index (κ1) is 20.1. The van der Waals surface area contributed by atoms with Crippen LogP contribution in [0.3, 0.4) is 0 Å². The molecule has 152 valence electrons. The molecular weight excluding hydrogens is 424 g/mol. The molecule has 4 aromatic rings. The Hall–Kier alpha value is -3.15. The van der Waals surface area contributed by atoms with Crippen molar-refractivity contribution in [2.45, 2.75) is 16.6 Å². The standard InChI is InChI=1S/C19H16N6O3S2/c1-29-19-21-10-13-5-8-17(26)25(18(13)22-19)11-14-6-7-16(24-23-14)12-3-2-4-15(9-12)30(20,27)28/h2-10H,11H2,1H3,(H2,20,27,28). The topological polar surface area (TPSA) is 134 Å². The zero-order chi connectivity index (χ0) is 21.3. The van der Waals surface area contributed by atoms with Crippen LogP contribution in [0.15, 0.2) is 69.6 Å². The first-order chi connectivity index (χ1) is 14.3. The molecule has 2 N–H and O–H groups in total. The number of benzene rings is 1. The zero-order valence-corrected chi connectivity index (χ0v) is 17.4. The maximum absolute atomic E-state index is 12.4. The van der Waals surface area contributed by atoms with E-state index >= 15 is 0 Å². The van der Waals surface area contributed by atoms with Gasteiger partial charge in [-0.15, -0.1) is 0 Å². The molecule has 0 bridgehead atoms. The van der Waals surface area contributed by atoms with Crippen molar-refractivity contribution < 1.29 is 8.42 Å². The van der Waals surface area contributed by atoms with Gasteiger partial charge < -0.3 is 0 Å². The minimum absolute atomic E-state index is 0.00235. The molecule has 0 radical (unpaired) electrons. The predicted molar refractivity (Wildman–Crippen MR) is 114 cm³/mol. The van der Waals surface area contributed by atoms with Gasteiger partial charge >= 0.3 is 0 Å². The molecule has 0 saturated carbocycles. The summed E-state index contributed by atoms with van der Waals surface area (Å²) < 4.78 is 24.6. The summed E-state index contributed by atoms with van der Waals surface area (Å²) in [6, 6.07) is 12.7. The number of nitrogens with zero attached hydrogens (tertiary/aromatic N) is 5. The van der Waals surface area contributed by atoms with Crippen LogP contribution >= 0.6 is 11.8 Å². The SMILES string of the molecule is CSc1ncc2ccc(=O)n(Cc3ccc(-c4cccc(S(N)(=O)=O)c4)nn3)c2n1. The Bertz CT molecular complexity index is 1400. The van der Waals surface area contributed by atoms with Gasteiger partial charge in [-0.2, -0.15) is 10.2 Å². The van der Waals surface area contributed by atoms with E-state index in [9.17, 15) is 13.2 Å². The van der Waals surface area contributed by atoms with Crippen LogP contribution in [0.5, 0.6) is 0 Å². The number of hydrogen-bond donors (Lipinski definition) is 1. The number of primary sulfonamides is 1. The smallest absolute Gasteiger partial charge is 0.252 e. The van der Waals surface area contributed by atoms with Crippen molar-refractivity contribution >= 4 is 32.8 Å². The lowest BCUT2D eigenvalue weighted by Crippen LogP contribution is -2.21. The van der Waals surface area contributed by atoms with E-state index in [0.717, 1.165) is 5.39 Å². The Morgan fingerprint density at radius 2 is 1.93 bits per heavy atom. The fraction of sp³-hybridized carbons (Fsp3) is 0.105. The lowest BCUT2D eigenvalue weighted by Gasteiger charge is -2.09. The van der Waals surface area contributed by atoms with Crippen molar-refractivity contribution in [3.05, 3.63) is 70.8 Å². The maximum Gasteiger partial charge on any atom is 0.252 e. The van der Waals surface area contributed by atoms with E-state index in [1.165, 1.54) is 34.5 Å². The number of aromatic nitrogens is 5. The Morgan fingerprint density at radius 1 is 1.10 bits per heavy atom. The van der Waals surface area contributed by atoms with Crippen molar-refractivity contribution in [1.29, 1.82) is 0 Å². The van der Waals surface area contributed by atoms with E-state index in [-0.39, 0.29) is 17.0 Å². The van der Waals surface area contributed by atoms with E-state index in [4.69, 9.17) is 5.14 Å². The highest BCUT2D eigenvalue weighted by atomic mass is 32.2. The maximum atomic E-state index is 12.4. The average molecular weight is 441 g/mol. The summed E-state index contributed by atoms with van der Waals surface area (Å²) in [6.07, 6.45) is 3.54. The number of rotatable bonds is 5. The predicted octanol–water partition coefficient (Wildman–Crippen LogP) is 1.67. The van der Waals surface area contributed by atoms with Crippen molar-refractivity contribution in [1.82, 2.24) is 24.7 Å². The molecule has 0 aliphatic carbocycles. The quantitative estimate of drug-likeness (QED) is 0.366. The molecule has 0 aliphatic rings. The second-order valence-corrected chi connectivity index (χ2v) is 8.71. The molecule has 4 rings (SSSR count). The highest BCUT2D eigenvalue weighted by Crippen LogP contribution is 2.20. The summed E-state index contributed by atoms with van der Waals surface area (Å²) in [5.41, 5.74) is 1.93. The summed E-state index contributed by atoms with van der Waals surface area (Å²) >= 11 is 1.39. The van der Waals surface area contributed by atoms with Crippen molar-refractivity contribution in [3.63, 3.8) is 0 Å². The molecule has 0 atom stereocenters. The number of hydrogen-bond acceptors (Lipinski definition) is 8. The number of thioether (sulfide) groups is 1. The first-order valence-electron chi connectivity index (χ1n) is 8.71. The first-order valence-corrected chi connectivity index (χ1v) is 11.5. The van der Waals surface area contributed by atoms with E-state index in [2.05, 4.69) is 20.2 Å².